The second kappa shape index (κ2) is 6.13. The number of nitrogens with zero attached hydrogens (tertiary/aromatic N) is 9. The van der Waals surface area contributed by atoms with Crippen LogP contribution in [-0.4, -0.2) is 70.6 Å². The molecule has 0 radical (unpaired) electrons. The van der Waals surface area contributed by atoms with Crippen LogP contribution in [0.25, 0.3) is 28.6 Å². The lowest BCUT2D eigenvalue weighted by molar-refractivity contribution is 0.0979. The average Bonchev–Trinajstić information content (AvgIpc) is 3.41. The van der Waals surface area contributed by atoms with Crippen molar-refractivity contribution in [2.75, 3.05) is 24.7 Å². The van der Waals surface area contributed by atoms with Crippen LogP contribution in [-0.2, 0) is 11.8 Å². The Morgan fingerprint density at radius 2 is 2.15 bits per heavy atom. The highest BCUT2D eigenvalue weighted by atomic mass is 16.5. The van der Waals surface area contributed by atoms with E-state index in [9.17, 15) is 0 Å². The number of aryl methyl sites for hydroxylation is 1. The molecule has 4 aromatic rings. The molecule has 0 aromatic carbocycles. The molecule has 0 bridgehead atoms. The van der Waals surface area contributed by atoms with Crippen molar-refractivity contribution in [3.8, 4) is 22.9 Å². The molecule has 4 aromatic heterocycles. The van der Waals surface area contributed by atoms with Gasteiger partial charge in [0.1, 0.15) is 11.4 Å². The lowest BCUT2D eigenvalue weighted by atomic mass is 10.2. The fraction of sp³-hybridized carbons (Fsp3) is 0.375. The van der Waals surface area contributed by atoms with Crippen molar-refractivity contribution < 1.29 is 4.74 Å². The molecule has 0 spiro atoms. The van der Waals surface area contributed by atoms with Gasteiger partial charge < -0.3 is 9.64 Å². The zero-order chi connectivity index (χ0) is 18.4. The van der Waals surface area contributed by atoms with Crippen LogP contribution in [0.1, 0.15) is 6.92 Å². The zero-order valence-electron chi connectivity index (χ0n) is 14.9. The van der Waals surface area contributed by atoms with Crippen LogP contribution >= 0.6 is 0 Å². The van der Waals surface area contributed by atoms with Gasteiger partial charge in [-0.05, 0) is 19.1 Å². The van der Waals surface area contributed by atoms with Crippen LogP contribution < -0.4 is 4.90 Å². The zero-order valence-corrected chi connectivity index (χ0v) is 14.9. The summed E-state index contributed by atoms with van der Waals surface area (Å²) in [6.07, 6.45) is 3.40. The first-order valence-electron chi connectivity index (χ1n) is 8.68. The molecule has 11 heteroatoms. The van der Waals surface area contributed by atoms with Crippen molar-refractivity contribution in [1.82, 2.24) is 44.8 Å². The maximum atomic E-state index is 5.55. The number of morpholine rings is 1. The summed E-state index contributed by atoms with van der Waals surface area (Å²) < 4.78 is 9.03. The Bertz CT molecular complexity index is 1080. The molecule has 0 aliphatic carbocycles. The number of fused-ring (bicyclic) bond motifs is 1. The Hall–Kier alpha value is -3.34. The first-order chi connectivity index (χ1) is 13.2. The van der Waals surface area contributed by atoms with Crippen molar-refractivity contribution in [2.24, 2.45) is 7.05 Å². The van der Waals surface area contributed by atoms with Gasteiger partial charge in [0.2, 0.25) is 17.4 Å². The van der Waals surface area contributed by atoms with Gasteiger partial charge in [0.05, 0.1) is 24.9 Å². The summed E-state index contributed by atoms with van der Waals surface area (Å²) in [5.41, 5.74) is 2.82. The van der Waals surface area contributed by atoms with Crippen molar-refractivity contribution in [2.45, 2.75) is 13.0 Å². The quantitative estimate of drug-likeness (QED) is 0.558. The van der Waals surface area contributed by atoms with E-state index in [1.54, 1.807) is 21.6 Å². The number of aromatic amines is 1. The number of rotatable bonds is 3. The maximum absolute atomic E-state index is 5.55. The molecule has 0 unspecified atom stereocenters. The van der Waals surface area contributed by atoms with Crippen LogP contribution in [0.5, 0.6) is 0 Å². The molecule has 1 N–H and O–H groups in total. The molecule has 0 amide bonds. The van der Waals surface area contributed by atoms with E-state index in [0.717, 1.165) is 17.9 Å². The molecule has 138 valence electrons. The minimum Gasteiger partial charge on any atom is -0.377 e. The largest absolute Gasteiger partial charge is 0.377 e. The molecule has 27 heavy (non-hydrogen) atoms. The van der Waals surface area contributed by atoms with E-state index in [1.165, 1.54) is 0 Å². The van der Waals surface area contributed by atoms with Gasteiger partial charge in [-0.15, -0.1) is 15.3 Å². The summed E-state index contributed by atoms with van der Waals surface area (Å²) in [5, 5.41) is 24.6. The lowest BCUT2D eigenvalue weighted by Gasteiger charge is -2.33. The number of aromatic nitrogens is 9. The Morgan fingerprint density at radius 1 is 1.22 bits per heavy atom. The number of H-pyrrole nitrogens is 1. The van der Waals surface area contributed by atoms with E-state index in [0.29, 0.717) is 36.3 Å². The van der Waals surface area contributed by atoms with E-state index in [1.807, 2.05) is 19.2 Å². The van der Waals surface area contributed by atoms with Gasteiger partial charge in [-0.2, -0.15) is 14.7 Å². The average molecular weight is 366 g/mol. The lowest BCUT2D eigenvalue weighted by Crippen LogP contribution is -2.44. The monoisotopic (exact) mass is 366 g/mol. The molecular formula is C16H18N10O. The van der Waals surface area contributed by atoms with Gasteiger partial charge in [-0.25, -0.2) is 4.98 Å². The van der Waals surface area contributed by atoms with Gasteiger partial charge in [0.25, 0.3) is 0 Å². The standard InChI is InChI=1S/C16H18N10O/c1-10-9-27-8-7-25(10)16-19-13(12-4-6-18-24(12)2)15-22-21-14(26(15)23-16)11-3-5-17-20-11/h3-6,10H,7-9H2,1-2H3,(H,17,20)/t10-/m1/s1. The third-order valence-corrected chi connectivity index (χ3v) is 4.68. The molecule has 1 aliphatic heterocycles. The van der Waals surface area contributed by atoms with Gasteiger partial charge in [0.15, 0.2) is 0 Å². The minimum absolute atomic E-state index is 0.169. The molecule has 5 heterocycles. The number of nitrogens with one attached hydrogen (secondary N) is 1. The number of anilines is 1. The normalized spacial score (nSPS) is 17.7. The van der Waals surface area contributed by atoms with Crippen LogP contribution in [0.3, 0.4) is 0 Å². The van der Waals surface area contributed by atoms with Crippen molar-refractivity contribution >= 4 is 11.6 Å². The highest BCUT2D eigenvalue weighted by Gasteiger charge is 2.26. The predicted molar refractivity (Wildman–Crippen MR) is 96.0 cm³/mol. The van der Waals surface area contributed by atoms with Crippen molar-refractivity contribution in [1.29, 1.82) is 0 Å². The van der Waals surface area contributed by atoms with E-state index >= 15 is 0 Å². The summed E-state index contributed by atoms with van der Waals surface area (Å²) in [7, 11) is 1.87. The SMILES string of the molecule is C[C@@H]1COCCN1c1nc(-c2ccnn2C)c2nnc(-c3ccn[nH]3)n2n1. The van der Waals surface area contributed by atoms with E-state index < -0.39 is 0 Å². The van der Waals surface area contributed by atoms with Crippen molar-refractivity contribution in [3.05, 3.63) is 24.5 Å². The molecule has 1 aliphatic rings. The third-order valence-electron chi connectivity index (χ3n) is 4.68. The minimum atomic E-state index is 0.169. The first-order valence-corrected chi connectivity index (χ1v) is 8.68. The highest BCUT2D eigenvalue weighted by Crippen LogP contribution is 2.26. The summed E-state index contributed by atoms with van der Waals surface area (Å²) in [6.45, 7) is 4.10. The maximum Gasteiger partial charge on any atom is 0.244 e. The smallest absolute Gasteiger partial charge is 0.244 e. The molecule has 1 saturated heterocycles. The number of hydrogen-bond donors (Lipinski definition) is 1. The van der Waals surface area contributed by atoms with E-state index in [4.69, 9.17) is 14.8 Å². The van der Waals surface area contributed by atoms with Crippen LogP contribution in [0, 0.1) is 0 Å². The van der Waals surface area contributed by atoms with Crippen molar-refractivity contribution in [3.63, 3.8) is 0 Å². The van der Waals surface area contributed by atoms with Gasteiger partial charge >= 0.3 is 0 Å². The summed E-state index contributed by atoms with van der Waals surface area (Å²) in [6, 6.07) is 3.90. The first kappa shape index (κ1) is 15.9. The third kappa shape index (κ3) is 2.54. The van der Waals surface area contributed by atoms with Crippen LogP contribution in [0.4, 0.5) is 5.95 Å². The number of hydrogen-bond acceptors (Lipinski definition) is 8. The molecule has 1 atom stereocenters. The van der Waals surface area contributed by atoms with Crippen LogP contribution in [0.2, 0.25) is 0 Å². The van der Waals surface area contributed by atoms with Gasteiger partial charge in [-0.1, -0.05) is 0 Å². The topological polar surface area (TPSA) is 115 Å². The second-order valence-electron chi connectivity index (χ2n) is 6.45. The van der Waals surface area contributed by atoms with E-state index in [2.05, 4.69) is 37.3 Å². The van der Waals surface area contributed by atoms with Crippen LogP contribution in [0.15, 0.2) is 24.5 Å². The molecule has 1 fully saturated rings. The Labute approximate surface area is 154 Å². The Morgan fingerprint density at radius 3 is 2.89 bits per heavy atom. The molecular weight excluding hydrogens is 348 g/mol. The summed E-state index contributed by atoms with van der Waals surface area (Å²) in [4.78, 5) is 6.96. The Balaban J connectivity index is 1.76. The fourth-order valence-corrected chi connectivity index (χ4v) is 3.26. The predicted octanol–water partition coefficient (Wildman–Crippen LogP) is 0.535. The summed E-state index contributed by atoms with van der Waals surface area (Å²) >= 11 is 0. The highest BCUT2D eigenvalue weighted by molar-refractivity contribution is 5.73. The second-order valence-corrected chi connectivity index (χ2v) is 6.45. The van der Waals surface area contributed by atoms with Gasteiger partial charge in [0, 0.05) is 26.0 Å². The number of ether oxygens (including phenoxy) is 1. The Kier molecular flexibility index (Phi) is 3.60. The summed E-state index contributed by atoms with van der Waals surface area (Å²) in [5.74, 6) is 1.19. The van der Waals surface area contributed by atoms with E-state index in [-0.39, 0.29) is 6.04 Å². The molecule has 11 nitrogen and oxygen atoms in total. The molecule has 5 rings (SSSR count). The van der Waals surface area contributed by atoms with Gasteiger partial charge in [-0.3, -0.25) is 9.78 Å². The fourth-order valence-electron chi connectivity index (χ4n) is 3.26. The molecule has 0 saturated carbocycles.